The van der Waals surface area contributed by atoms with Gasteiger partial charge in [0.25, 0.3) is 0 Å². The van der Waals surface area contributed by atoms with Crippen LogP contribution in [-0.2, 0) is 9.53 Å². The highest BCUT2D eigenvalue weighted by molar-refractivity contribution is 5.84. The van der Waals surface area contributed by atoms with Crippen LogP contribution in [-0.4, -0.2) is 42.8 Å². The Morgan fingerprint density at radius 3 is 2.56 bits per heavy atom. The minimum atomic E-state index is 0.0263. The fraction of sp³-hybridized carbons (Fsp3) is 0.929. The third-order valence-corrected chi connectivity index (χ3v) is 4.40. The van der Waals surface area contributed by atoms with E-state index in [-0.39, 0.29) is 23.5 Å². The van der Waals surface area contributed by atoms with Crippen LogP contribution < -0.4 is 5.32 Å². The third-order valence-electron chi connectivity index (χ3n) is 4.40. The number of amides is 1. The molecule has 0 aromatic rings. The quantitative estimate of drug-likeness (QED) is 0.831. The van der Waals surface area contributed by atoms with Crippen LogP contribution in [0.15, 0.2) is 0 Å². The Kier molecular flexibility index (Phi) is 4.28. The van der Waals surface area contributed by atoms with Crippen molar-refractivity contribution in [3.8, 4) is 0 Å². The molecule has 2 atom stereocenters. The van der Waals surface area contributed by atoms with Gasteiger partial charge in [-0.05, 0) is 31.1 Å². The third kappa shape index (κ3) is 2.69. The number of hydrogen-bond donors (Lipinski definition) is 1. The van der Waals surface area contributed by atoms with Gasteiger partial charge in [-0.2, -0.15) is 0 Å². The maximum Gasteiger partial charge on any atom is 0.241 e. The molecule has 2 aliphatic heterocycles. The molecular weight excluding hydrogens is 228 g/mol. The maximum atomic E-state index is 12.4. The predicted octanol–water partition coefficient (Wildman–Crippen LogP) is 1.75. The summed E-state index contributed by atoms with van der Waals surface area (Å²) in [7, 11) is 0. The number of rotatable bonds is 4. The zero-order valence-electron chi connectivity index (χ0n) is 11.9. The fourth-order valence-electron chi connectivity index (χ4n) is 3.00. The number of nitrogens with zero attached hydrogens (tertiary/aromatic N) is 1. The monoisotopic (exact) mass is 254 g/mol. The Hall–Kier alpha value is -0.610. The molecule has 0 aromatic heterocycles. The van der Waals surface area contributed by atoms with Crippen molar-refractivity contribution in [3.63, 3.8) is 0 Å². The lowest BCUT2D eigenvalue weighted by Crippen LogP contribution is -2.45. The van der Waals surface area contributed by atoms with Crippen molar-refractivity contribution in [1.82, 2.24) is 10.2 Å². The summed E-state index contributed by atoms with van der Waals surface area (Å²) in [4.78, 5) is 14.4. The van der Waals surface area contributed by atoms with Crippen LogP contribution >= 0.6 is 0 Å². The van der Waals surface area contributed by atoms with E-state index in [0.29, 0.717) is 0 Å². The van der Waals surface area contributed by atoms with E-state index in [9.17, 15) is 4.79 Å². The van der Waals surface area contributed by atoms with Crippen LogP contribution in [0.2, 0.25) is 0 Å². The first kappa shape index (κ1) is 13.8. The van der Waals surface area contributed by atoms with E-state index in [0.717, 1.165) is 45.4 Å². The van der Waals surface area contributed by atoms with Gasteiger partial charge in [-0.15, -0.1) is 0 Å². The number of carbonyl (C=O) groups excluding carboxylic acids is 1. The lowest BCUT2D eigenvalue weighted by molar-refractivity contribution is -0.132. The highest BCUT2D eigenvalue weighted by Gasteiger charge is 2.40. The second-order valence-corrected chi connectivity index (χ2v) is 5.94. The van der Waals surface area contributed by atoms with Crippen LogP contribution in [0.3, 0.4) is 0 Å². The summed E-state index contributed by atoms with van der Waals surface area (Å²) in [6, 6.07) is 0.0263. The van der Waals surface area contributed by atoms with Gasteiger partial charge < -0.3 is 9.64 Å². The van der Waals surface area contributed by atoms with E-state index in [1.54, 1.807) is 0 Å². The fourth-order valence-corrected chi connectivity index (χ4v) is 3.00. The van der Waals surface area contributed by atoms with Crippen LogP contribution in [0.25, 0.3) is 0 Å². The van der Waals surface area contributed by atoms with E-state index in [1.807, 2.05) is 0 Å². The summed E-state index contributed by atoms with van der Waals surface area (Å²) in [5, 5.41) is 3.44. The SMILES string of the molecule is CCC1NC(CC)N(CC2(C)CCOCC2)C1=O. The molecule has 4 heteroatoms. The molecule has 0 saturated carbocycles. The molecule has 18 heavy (non-hydrogen) atoms. The van der Waals surface area contributed by atoms with E-state index >= 15 is 0 Å². The number of nitrogens with one attached hydrogen (secondary N) is 1. The second-order valence-electron chi connectivity index (χ2n) is 5.94. The summed E-state index contributed by atoms with van der Waals surface area (Å²) >= 11 is 0. The Balaban J connectivity index is 2.04. The number of ether oxygens (including phenoxy) is 1. The molecule has 0 bridgehead atoms. The molecule has 2 saturated heterocycles. The highest BCUT2D eigenvalue weighted by atomic mass is 16.5. The van der Waals surface area contributed by atoms with E-state index in [1.165, 1.54) is 0 Å². The molecule has 2 rings (SSSR count). The van der Waals surface area contributed by atoms with Crippen molar-refractivity contribution in [2.24, 2.45) is 5.41 Å². The lowest BCUT2D eigenvalue weighted by Gasteiger charge is -2.38. The zero-order chi connectivity index (χ0) is 13.2. The molecule has 1 N–H and O–H groups in total. The summed E-state index contributed by atoms with van der Waals surface area (Å²) in [5.41, 5.74) is 0.228. The Morgan fingerprint density at radius 1 is 1.33 bits per heavy atom. The average molecular weight is 254 g/mol. The second kappa shape index (κ2) is 5.57. The van der Waals surface area contributed by atoms with Crippen molar-refractivity contribution in [3.05, 3.63) is 0 Å². The molecule has 4 nitrogen and oxygen atoms in total. The molecular formula is C14H26N2O2. The van der Waals surface area contributed by atoms with Crippen LogP contribution in [0.5, 0.6) is 0 Å². The van der Waals surface area contributed by atoms with Gasteiger partial charge in [-0.1, -0.05) is 20.8 Å². The standard InChI is InChI=1S/C14H26N2O2/c1-4-11-13(17)16(12(5-2)15-11)10-14(3)6-8-18-9-7-14/h11-12,15H,4-10H2,1-3H3. The van der Waals surface area contributed by atoms with E-state index < -0.39 is 0 Å². The lowest BCUT2D eigenvalue weighted by atomic mass is 9.82. The van der Waals surface area contributed by atoms with Crippen molar-refractivity contribution in [1.29, 1.82) is 0 Å². The first-order valence-electron chi connectivity index (χ1n) is 7.24. The highest BCUT2D eigenvalue weighted by Crippen LogP contribution is 2.32. The van der Waals surface area contributed by atoms with Crippen molar-refractivity contribution in [2.75, 3.05) is 19.8 Å². The zero-order valence-corrected chi connectivity index (χ0v) is 11.9. The Morgan fingerprint density at radius 2 is 2.00 bits per heavy atom. The molecule has 104 valence electrons. The van der Waals surface area contributed by atoms with Crippen molar-refractivity contribution >= 4 is 5.91 Å². The molecule has 2 fully saturated rings. The maximum absolute atomic E-state index is 12.4. The van der Waals surface area contributed by atoms with Crippen LogP contribution in [0.4, 0.5) is 0 Å². The number of hydrogen-bond acceptors (Lipinski definition) is 3. The van der Waals surface area contributed by atoms with Gasteiger partial charge in [0.05, 0.1) is 12.2 Å². The smallest absolute Gasteiger partial charge is 0.241 e. The largest absolute Gasteiger partial charge is 0.381 e. The minimum absolute atomic E-state index is 0.0263. The molecule has 0 aromatic carbocycles. The van der Waals surface area contributed by atoms with E-state index in [4.69, 9.17) is 4.74 Å². The molecule has 2 aliphatic rings. The summed E-state index contributed by atoms with van der Waals surface area (Å²) in [6.07, 6.45) is 4.20. The Labute approximate surface area is 110 Å². The van der Waals surface area contributed by atoms with Gasteiger partial charge in [0, 0.05) is 19.8 Å². The predicted molar refractivity (Wildman–Crippen MR) is 71.2 cm³/mol. The number of carbonyl (C=O) groups is 1. The van der Waals surface area contributed by atoms with Crippen LogP contribution in [0, 0.1) is 5.41 Å². The molecule has 2 heterocycles. The molecule has 2 unspecified atom stereocenters. The van der Waals surface area contributed by atoms with Crippen molar-refractivity contribution in [2.45, 2.75) is 58.7 Å². The van der Waals surface area contributed by atoms with Gasteiger partial charge >= 0.3 is 0 Å². The average Bonchev–Trinajstić information content (AvgIpc) is 2.67. The summed E-state index contributed by atoms with van der Waals surface area (Å²) in [5.74, 6) is 0.289. The summed E-state index contributed by atoms with van der Waals surface area (Å²) in [6.45, 7) is 9.04. The topological polar surface area (TPSA) is 41.6 Å². The molecule has 0 spiro atoms. The molecule has 0 aliphatic carbocycles. The van der Waals surface area contributed by atoms with Crippen LogP contribution in [0.1, 0.15) is 46.5 Å². The van der Waals surface area contributed by atoms with E-state index in [2.05, 4.69) is 31.0 Å². The minimum Gasteiger partial charge on any atom is -0.381 e. The van der Waals surface area contributed by atoms with Gasteiger partial charge in [-0.3, -0.25) is 10.1 Å². The summed E-state index contributed by atoms with van der Waals surface area (Å²) < 4.78 is 5.43. The normalized spacial score (nSPS) is 31.9. The van der Waals surface area contributed by atoms with Gasteiger partial charge in [0.2, 0.25) is 5.91 Å². The Bertz CT molecular complexity index is 300. The van der Waals surface area contributed by atoms with Crippen molar-refractivity contribution < 1.29 is 9.53 Å². The van der Waals surface area contributed by atoms with Gasteiger partial charge in [0.15, 0.2) is 0 Å². The first-order chi connectivity index (χ1) is 8.59. The first-order valence-corrected chi connectivity index (χ1v) is 7.24. The van der Waals surface area contributed by atoms with Gasteiger partial charge in [-0.25, -0.2) is 0 Å². The van der Waals surface area contributed by atoms with Gasteiger partial charge in [0.1, 0.15) is 0 Å². The molecule has 1 amide bonds. The molecule has 0 radical (unpaired) electrons.